The van der Waals surface area contributed by atoms with Crippen molar-refractivity contribution < 1.29 is 22.4 Å². The summed E-state index contributed by atoms with van der Waals surface area (Å²) in [5.74, 6) is -1.40. The first-order chi connectivity index (χ1) is 18.0. The predicted octanol–water partition coefficient (Wildman–Crippen LogP) is 4.66. The smallest absolute Gasteiger partial charge is 0.264 e. The van der Waals surface area contributed by atoms with Gasteiger partial charge in [-0.2, -0.15) is 0 Å². The Labute approximate surface area is 224 Å². The maximum Gasteiger partial charge on any atom is 0.264 e. The highest BCUT2D eigenvalue weighted by molar-refractivity contribution is 7.92. The van der Waals surface area contributed by atoms with Crippen LogP contribution in [0.2, 0.25) is 0 Å². The lowest BCUT2D eigenvalue weighted by atomic mass is 10.1. The number of carbonyl (C=O) groups excluding carboxylic acids is 2. The molecule has 0 saturated carbocycles. The molecule has 202 valence electrons. The van der Waals surface area contributed by atoms with Gasteiger partial charge in [-0.3, -0.25) is 13.9 Å². The van der Waals surface area contributed by atoms with Crippen LogP contribution in [0.5, 0.6) is 0 Å². The highest BCUT2D eigenvalue weighted by Crippen LogP contribution is 2.25. The van der Waals surface area contributed by atoms with E-state index in [1.54, 1.807) is 25.1 Å². The summed E-state index contributed by atoms with van der Waals surface area (Å²) in [7, 11) is -4.19. The zero-order chi connectivity index (χ0) is 27.9. The van der Waals surface area contributed by atoms with E-state index >= 15 is 0 Å². The Morgan fingerprint density at radius 2 is 1.53 bits per heavy atom. The van der Waals surface area contributed by atoms with Gasteiger partial charge in [0.1, 0.15) is 18.4 Å². The Morgan fingerprint density at radius 3 is 2.11 bits per heavy atom. The van der Waals surface area contributed by atoms with Gasteiger partial charge in [0.2, 0.25) is 11.8 Å². The predicted molar refractivity (Wildman–Crippen MR) is 146 cm³/mol. The Kier molecular flexibility index (Phi) is 9.63. The number of hydrogen-bond acceptors (Lipinski definition) is 4. The third-order valence-electron chi connectivity index (χ3n) is 6.14. The molecule has 0 spiro atoms. The summed E-state index contributed by atoms with van der Waals surface area (Å²) in [6.45, 7) is 6.94. The van der Waals surface area contributed by atoms with Crippen LogP contribution in [0.1, 0.15) is 38.3 Å². The molecule has 0 aliphatic carbocycles. The topological polar surface area (TPSA) is 86.8 Å². The summed E-state index contributed by atoms with van der Waals surface area (Å²) in [6, 6.07) is 19.2. The third-order valence-corrected chi connectivity index (χ3v) is 7.93. The lowest BCUT2D eigenvalue weighted by Crippen LogP contribution is -2.53. The molecule has 0 bridgehead atoms. The highest BCUT2D eigenvalue weighted by atomic mass is 32.2. The standard InChI is InChI=1S/C29H34FN3O4S/c1-5-27(29(35)31-21(2)3)32(19-23-12-10-9-11-22(23)4)28(34)20-33(25-17-15-24(30)16-18-25)38(36,37)26-13-7-6-8-14-26/h6-18,21,27H,5,19-20H2,1-4H3,(H,31,35)/t27-/m1/s1. The number of rotatable bonds is 11. The minimum absolute atomic E-state index is 0.00725. The molecule has 1 N–H and O–H groups in total. The lowest BCUT2D eigenvalue weighted by molar-refractivity contribution is -0.140. The van der Waals surface area contributed by atoms with Gasteiger partial charge in [0.05, 0.1) is 10.6 Å². The second-order valence-electron chi connectivity index (χ2n) is 9.34. The normalized spacial score (nSPS) is 12.2. The monoisotopic (exact) mass is 539 g/mol. The minimum Gasteiger partial charge on any atom is -0.352 e. The van der Waals surface area contributed by atoms with Crippen molar-refractivity contribution in [1.29, 1.82) is 0 Å². The highest BCUT2D eigenvalue weighted by Gasteiger charge is 2.34. The van der Waals surface area contributed by atoms with Crippen LogP contribution >= 0.6 is 0 Å². The summed E-state index contributed by atoms with van der Waals surface area (Å²) in [4.78, 5) is 28.5. The first-order valence-electron chi connectivity index (χ1n) is 12.5. The molecule has 0 unspecified atom stereocenters. The number of hydrogen-bond donors (Lipinski definition) is 1. The molecule has 0 fully saturated rings. The van der Waals surface area contributed by atoms with Gasteiger partial charge in [0, 0.05) is 12.6 Å². The number of nitrogens with one attached hydrogen (secondary N) is 1. The van der Waals surface area contributed by atoms with E-state index in [4.69, 9.17) is 0 Å². The molecule has 0 heterocycles. The molecular weight excluding hydrogens is 505 g/mol. The number of amides is 2. The van der Waals surface area contributed by atoms with Crippen LogP contribution in [0.25, 0.3) is 0 Å². The third kappa shape index (κ3) is 6.98. The van der Waals surface area contributed by atoms with Crippen molar-refractivity contribution in [2.24, 2.45) is 0 Å². The number of carbonyl (C=O) groups is 2. The van der Waals surface area contributed by atoms with Crippen LogP contribution < -0.4 is 9.62 Å². The number of sulfonamides is 1. The summed E-state index contributed by atoms with van der Waals surface area (Å²) < 4.78 is 42.0. The molecule has 0 aliphatic heterocycles. The Hall–Kier alpha value is -3.72. The number of anilines is 1. The van der Waals surface area contributed by atoms with Gasteiger partial charge in [-0.1, -0.05) is 49.4 Å². The van der Waals surface area contributed by atoms with Gasteiger partial charge in [-0.15, -0.1) is 0 Å². The first kappa shape index (κ1) is 28.8. The summed E-state index contributed by atoms with van der Waals surface area (Å²) in [5.41, 5.74) is 1.92. The molecule has 3 aromatic carbocycles. The van der Waals surface area contributed by atoms with Gasteiger partial charge in [-0.05, 0) is 74.7 Å². The molecule has 0 aromatic heterocycles. The Balaban J connectivity index is 2.06. The number of halogens is 1. The van der Waals surface area contributed by atoms with E-state index in [0.717, 1.165) is 27.6 Å². The van der Waals surface area contributed by atoms with Crippen molar-refractivity contribution in [3.8, 4) is 0 Å². The first-order valence-corrected chi connectivity index (χ1v) is 14.0. The van der Waals surface area contributed by atoms with E-state index in [9.17, 15) is 22.4 Å². The summed E-state index contributed by atoms with van der Waals surface area (Å²) in [5, 5.41) is 2.87. The van der Waals surface area contributed by atoms with Gasteiger partial charge < -0.3 is 10.2 Å². The van der Waals surface area contributed by atoms with Crippen LogP contribution in [-0.4, -0.2) is 43.8 Å². The van der Waals surface area contributed by atoms with E-state index in [0.29, 0.717) is 6.42 Å². The summed E-state index contributed by atoms with van der Waals surface area (Å²) in [6.07, 6.45) is 0.332. The SMILES string of the molecule is CC[C@H](C(=O)NC(C)C)N(Cc1ccccc1C)C(=O)CN(c1ccc(F)cc1)S(=O)(=O)c1ccccc1. The fraction of sp³-hybridized carbons (Fsp3) is 0.310. The van der Waals surface area contributed by atoms with E-state index in [2.05, 4.69) is 5.32 Å². The average Bonchev–Trinajstić information content (AvgIpc) is 2.88. The maximum atomic E-state index is 13.9. The molecule has 0 radical (unpaired) electrons. The quantitative estimate of drug-likeness (QED) is 0.384. The van der Waals surface area contributed by atoms with E-state index < -0.39 is 34.3 Å². The number of nitrogens with zero attached hydrogens (tertiary/aromatic N) is 2. The molecule has 3 aromatic rings. The molecule has 1 atom stereocenters. The molecular formula is C29H34FN3O4S. The number of benzene rings is 3. The summed E-state index contributed by atoms with van der Waals surface area (Å²) >= 11 is 0. The second kappa shape index (κ2) is 12.7. The van der Waals surface area contributed by atoms with Gasteiger partial charge in [0.25, 0.3) is 10.0 Å². The Morgan fingerprint density at radius 1 is 0.921 bits per heavy atom. The largest absolute Gasteiger partial charge is 0.352 e. The van der Waals surface area contributed by atoms with Crippen LogP contribution in [0, 0.1) is 12.7 Å². The average molecular weight is 540 g/mol. The van der Waals surface area contributed by atoms with E-state index in [1.807, 2.05) is 45.0 Å². The molecule has 2 amide bonds. The van der Waals surface area contributed by atoms with Crippen LogP contribution in [0.15, 0.2) is 83.8 Å². The van der Waals surface area contributed by atoms with Gasteiger partial charge in [0.15, 0.2) is 0 Å². The zero-order valence-corrected chi connectivity index (χ0v) is 22.9. The number of aryl methyl sites for hydroxylation is 1. The molecule has 38 heavy (non-hydrogen) atoms. The molecule has 0 aliphatic rings. The van der Waals surface area contributed by atoms with Crippen LogP contribution in [-0.2, 0) is 26.2 Å². The van der Waals surface area contributed by atoms with Crippen LogP contribution in [0.4, 0.5) is 10.1 Å². The fourth-order valence-electron chi connectivity index (χ4n) is 4.13. The lowest BCUT2D eigenvalue weighted by Gasteiger charge is -2.34. The molecule has 9 heteroatoms. The zero-order valence-electron chi connectivity index (χ0n) is 22.1. The Bertz CT molecular complexity index is 1350. The molecule has 3 rings (SSSR count). The van der Waals surface area contributed by atoms with Crippen LogP contribution in [0.3, 0.4) is 0 Å². The molecule has 0 saturated heterocycles. The van der Waals surface area contributed by atoms with E-state index in [1.165, 1.54) is 29.2 Å². The van der Waals surface area contributed by atoms with E-state index in [-0.39, 0.29) is 29.1 Å². The fourth-order valence-corrected chi connectivity index (χ4v) is 5.56. The minimum atomic E-state index is -4.19. The van der Waals surface area contributed by atoms with Gasteiger partial charge in [-0.25, -0.2) is 12.8 Å². The van der Waals surface area contributed by atoms with Crippen molar-refractivity contribution in [3.05, 3.63) is 95.8 Å². The molecule has 7 nitrogen and oxygen atoms in total. The van der Waals surface area contributed by atoms with Crippen molar-refractivity contribution in [2.75, 3.05) is 10.8 Å². The van der Waals surface area contributed by atoms with Gasteiger partial charge >= 0.3 is 0 Å². The van der Waals surface area contributed by atoms with Crippen molar-refractivity contribution >= 4 is 27.5 Å². The van der Waals surface area contributed by atoms with Crippen molar-refractivity contribution in [2.45, 2.75) is 57.6 Å². The van der Waals surface area contributed by atoms with Crippen molar-refractivity contribution in [3.63, 3.8) is 0 Å². The second-order valence-corrected chi connectivity index (χ2v) is 11.2. The van der Waals surface area contributed by atoms with Crippen molar-refractivity contribution in [1.82, 2.24) is 10.2 Å². The maximum absolute atomic E-state index is 13.9.